The van der Waals surface area contributed by atoms with Crippen LogP contribution in [0.3, 0.4) is 0 Å². The number of Topliss-reactive ketones (excluding diaryl/α,β-unsaturated/α-hetero) is 1. The molecule has 0 unspecified atom stereocenters. The second-order valence-electron chi connectivity index (χ2n) is 4.72. The molecule has 0 aliphatic rings. The molecule has 1 aromatic rings. The van der Waals surface area contributed by atoms with Crippen LogP contribution in [0.5, 0.6) is 0 Å². The maximum Gasteiger partial charge on any atom is 0.306 e. The van der Waals surface area contributed by atoms with Crippen molar-refractivity contribution in [3.63, 3.8) is 0 Å². The molecule has 0 aliphatic carbocycles. The number of hydrogen-bond donors (Lipinski definition) is 0. The zero-order chi connectivity index (χ0) is 13.5. The summed E-state index contributed by atoms with van der Waals surface area (Å²) in [5.74, 6) is -0.572. The van der Waals surface area contributed by atoms with Crippen molar-refractivity contribution >= 4 is 11.8 Å². The molecule has 18 heavy (non-hydrogen) atoms. The smallest absolute Gasteiger partial charge is 0.306 e. The van der Waals surface area contributed by atoms with E-state index in [1.807, 2.05) is 44.2 Å². The number of carbonyl (C=O) groups excluding carboxylic acids is 2. The fraction of sp³-hybridized carbons (Fsp3) is 0.467. The van der Waals surface area contributed by atoms with Gasteiger partial charge in [-0.3, -0.25) is 9.59 Å². The van der Waals surface area contributed by atoms with Crippen LogP contribution < -0.4 is 0 Å². The van der Waals surface area contributed by atoms with Crippen molar-refractivity contribution in [2.24, 2.45) is 11.8 Å². The molecule has 0 heterocycles. The van der Waals surface area contributed by atoms with Gasteiger partial charge >= 0.3 is 5.97 Å². The minimum absolute atomic E-state index is 0.0663. The fourth-order valence-electron chi connectivity index (χ4n) is 1.93. The van der Waals surface area contributed by atoms with Crippen molar-refractivity contribution in [1.29, 1.82) is 0 Å². The zero-order valence-corrected chi connectivity index (χ0v) is 11.2. The maximum absolute atomic E-state index is 12.1. The fourth-order valence-corrected chi connectivity index (χ4v) is 1.93. The summed E-state index contributed by atoms with van der Waals surface area (Å²) in [6, 6.07) is 9.74. The predicted molar refractivity (Wildman–Crippen MR) is 70.1 cm³/mol. The molecule has 0 aliphatic heterocycles. The Morgan fingerprint density at radius 1 is 1.17 bits per heavy atom. The highest BCUT2D eigenvalue weighted by Crippen LogP contribution is 2.18. The third-order valence-corrected chi connectivity index (χ3v) is 2.94. The van der Waals surface area contributed by atoms with Gasteiger partial charge in [-0.25, -0.2) is 0 Å². The number of ether oxygens (including phenoxy) is 1. The molecule has 0 fully saturated rings. The lowest BCUT2D eigenvalue weighted by atomic mass is 9.87. The van der Waals surface area contributed by atoms with Crippen molar-refractivity contribution in [2.75, 3.05) is 7.11 Å². The van der Waals surface area contributed by atoms with Gasteiger partial charge in [-0.1, -0.05) is 44.2 Å². The molecule has 0 aromatic heterocycles. The SMILES string of the molecule is COC(=O)C[C@@H](Cc1ccccc1)C(=O)C(C)C. The average molecular weight is 248 g/mol. The molecule has 1 rings (SSSR count). The Bertz CT molecular complexity index is 395. The van der Waals surface area contributed by atoms with Crippen molar-refractivity contribution in [3.05, 3.63) is 35.9 Å². The first-order valence-electron chi connectivity index (χ1n) is 6.19. The van der Waals surface area contributed by atoms with E-state index >= 15 is 0 Å². The first kappa shape index (κ1) is 14.4. The Morgan fingerprint density at radius 3 is 2.28 bits per heavy atom. The van der Waals surface area contributed by atoms with E-state index < -0.39 is 0 Å². The van der Waals surface area contributed by atoms with Crippen LogP contribution in [0.1, 0.15) is 25.8 Å². The monoisotopic (exact) mass is 248 g/mol. The topological polar surface area (TPSA) is 43.4 Å². The highest BCUT2D eigenvalue weighted by Gasteiger charge is 2.24. The molecule has 1 aromatic carbocycles. The summed E-state index contributed by atoms with van der Waals surface area (Å²) in [5.41, 5.74) is 1.07. The minimum atomic E-state index is -0.329. The van der Waals surface area contributed by atoms with E-state index in [4.69, 9.17) is 0 Å². The lowest BCUT2D eigenvalue weighted by Gasteiger charge is -2.16. The number of methoxy groups -OCH3 is 1. The summed E-state index contributed by atoms with van der Waals surface area (Å²) < 4.78 is 4.66. The molecule has 0 amide bonds. The molecule has 0 saturated carbocycles. The van der Waals surface area contributed by atoms with Gasteiger partial charge in [-0.2, -0.15) is 0 Å². The van der Waals surface area contributed by atoms with E-state index in [1.54, 1.807) is 0 Å². The van der Waals surface area contributed by atoms with Gasteiger partial charge in [0, 0.05) is 11.8 Å². The molecule has 0 bridgehead atoms. The van der Waals surface area contributed by atoms with Gasteiger partial charge < -0.3 is 4.74 Å². The second-order valence-corrected chi connectivity index (χ2v) is 4.72. The van der Waals surface area contributed by atoms with Crippen molar-refractivity contribution in [2.45, 2.75) is 26.7 Å². The van der Waals surface area contributed by atoms with Crippen molar-refractivity contribution in [3.8, 4) is 0 Å². The highest BCUT2D eigenvalue weighted by atomic mass is 16.5. The van der Waals surface area contributed by atoms with E-state index in [0.717, 1.165) is 5.56 Å². The number of rotatable bonds is 6. The highest BCUT2D eigenvalue weighted by molar-refractivity contribution is 5.86. The normalized spacial score (nSPS) is 12.2. The third kappa shape index (κ3) is 4.32. The van der Waals surface area contributed by atoms with Crippen LogP contribution in [0.2, 0.25) is 0 Å². The summed E-state index contributed by atoms with van der Waals surface area (Å²) in [5, 5.41) is 0. The van der Waals surface area contributed by atoms with Gasteiger partial charge in [-0.15, -0.1) is 0 Å². The van der Waals surface area contributed by atoms with Crippen LogP contribution in [0.4, 0.5) is 0 Å². The minimum Gasteiger partial charge on any atom is -0.469 e. The molecule has 3 heteroatoms. The van der Waals surface area contributed by atoms with Crippen molar-refractivity contribution in [1.82, 2.24) is 0 Å². The molecule has 3 nitrogen and oxygen atoms in total. The van der Waals surface area contributed by atoms with Crippen LogP contribution in [-0.2, 0) is 20.7 Å². The van der Waals surface area contributed by atoms with Gasteiger partial charge in [0.1, 0.15) is 5.78 Å². The number of hydrogen-bond acceptors (Lipinski definition) is 3. The Kier molecular flexibility index (Phi) is 5.56. The van der Waals surface area contributed by atoms with Crippen molar-refractivity contribution < 1.29 is 14.3 Å². The van der Waals surface area contributed by atoms with Crippen LogP contribution >= 0.6 is 0 Å². The number of carbonyl (C=O) groups is 2. The Balaban J connectivity index is 2.77. The molecule has 0 N–H and O–H groups in total. The van der Waals surface area contributed by atoms with E-state index in [2.05, 4.69) is 4.74 Å². The number of ketones is 1. The summed E-state index contributed by atoms with van der Waals surface area (Å²) >= 11 is 0. The van der Waals surface area contributed by atoms with Crippen LogP contribution in [0, 0.1) is 11.8 Å². The zero-order valence-electron chi connectivity index (χ0n) is 11.2. The Labute approximate surface area is 108 Å². The lowest BCUT2D eigenvalue weighted by molar-refractivity contribution is -0.144. The lowest BCUT2D eigenvalue weighted by Crippen LogP contribution is -2.25. The van der Waals surface area contributed by atoms with Gasteiger partial charge in [0.15, 0.2) is 0 Å². The molecular weight excluding hydrogens is 228 g/mol. The van der Waals surface area contributed by atoms with Crippen LogP contribution in [0.25, 0.3) is 0 Å². The van der Waals surface area contributed by atoms with Crippen LogP contribution in [0.15, 0.2) is 30.3 Å². The number of benzene rings is 1. The van der Waals surface area contributed by atoms with Gasteiger partial charge in [-0.05, 0) is 12.0 Å². The first-order chi connectivity index (χ1) is 8.54. The van der Waals surface area contributed by atoms with Gasteiger partial charge in [0.05, 0.1) is 13.5 Å². The molecule has 98 valence electrons. The van der Waals surface area contributed by atoms with E-state index in [0.29, 0.717) is 6.42 Å². The summed E-state index contributed by atoms with van der Waals surface area (Å²) in [7, 11) is 1.35. The first-order valence-corrected chi connectivity index (χ1v) is 6.19. The molecule has 0 radical (unpaired) electrons. The quantitative estimate of drug-likeness (QED) is 0.727. The maximum atomic E-state index is 12.1. The summed E-state index contributed by atoms with van der Waals surface area (Å²) in [6.45, 7) is 3.72. The number of esters is 1. The standard InChI is InChI=1S/C15H20O3/c1-11(2)15(17)13(10-14(16)18-3)9-12-7-5-4-6-8-12/h4-8,11,13H,9-10H2,1-3H3/t13-/m1/s1. The Hall–Kier alpha value is -1.64. The molecule has 0 saturated heterocycles. The largest absolute Gasteiger partial charge is 0.469 e. The molecule has 0 spiro atoms. The summed E-state index contributed by atoms with van der Waals surface area (Å²) in [4.78, 5) is 23.5. The van der Waals surface area contributed by atoms with E-state index in [9.17, 15) is 9.59 Å². The summed E-state index contributed by atoms with van der Waals surface area (Å²) in [6.07, 6.45) is 0.745. The van der Waals surface area contributed by atoms with Gasteiger partial charge in [0.25, 0.3) is 0 Å². The molecule has 1 atom stereocenters. The molecular formula is C15H20O3. The van der Waals surface area contributed by atoms with Crippen LogP contribution in [-0.4, -0.2) is 18.9 Å². The van der Waals surface area contributed by atoms with E-state index in [1.165, 1.54) is 7.11 Å². The second kappa shape index (κ2) is 6.94. The average Bonchev–Trinajstić information content (AvgIpc) is 2.38. The Morgan fingerprint density at radius 2 is 1.78 bits per heavy atom. The van der Waals surface area contributed by atoms with Gasteiger partial charge in [0.2, 0.25) is 0 Å². The van der Waals surface area contributed by atoms with E-state index in [-0.39, 0.29) is 30.0 Å². The third-order valence-electron chi connectivity index (χ3n) is 2.94. The predicted octanol–water partition coefficient (Wildman–Crippen LogP) is 2.63.